The molecule has 13 rings (SSSR count). The van der Waals surface area contributed by atoms with Gasteiger partial charge in [0, 0.05) is 59.6 Å². The number of halogens is 1. The number of carbonyl (C=O) groups is 2. The minimum Gasteiger partial charge on any atom is -1.00 e. The summed E-state index contributed by atoms with van der Waals surface area (Å²) < 4.78 is 42.0. The summed E-state index contributed by atoms with van der Waals surface area (Å²) in [5.74, 6) is 10.1. The minimum atomic E-state index is -3.11. The number of ketones is 2. The zero-order chi connectivity index (χ0) is 49.5. The smallest absolute Gasteiger partial charge is 0.425 e. The summed E-state index contributed by atoms with van der Waals surface area (Å²) >= 11 is 0. The van der Waals surface area contributed by atoms with Crippen LogP contribution in [0.3, 0.4) is 0 Å². The Morgan fingerprint density at radius 1 is 0.557 bits per heavy atom. The molecule has 7 unspecified atom stereocenters. The predicted molar refractivity (Wildman–Crippen MR) is 269 cm³/mol. The Bertz CT molecular complexity index is 2320. The number of rotatable bonds is 7. The van der Waals surface area contributed by atoms with Crippen molar-refractivity contribution < 1.29 is 48.8 Å². The molecule has 3 aliphatic heterocycles. The van der Waals surface area contributed by atoms with E-state index in [9.17, 15) is 9.59 Å². The number of ether oxygens (including phenoxy) is 3. The number of benzene rings is 3. The summed E-state index contributed by atoms with van der Waals surface area (Å²) in [5, 5.41) is 0. The lowest BCUT2D eigenvalue weighted by molar-refractivity contribution is -0.130. The fraction of sp³-hybridized carbons (Fsp3) is 0.649. The molecule has 70 heavy (non-hydrogen) atoms. The summed E-state index contributed by atoms with van der Waals surface area (Å²) in [7, 11) is -3.11. The van der Waals surface area contributed by atoms with Gasteiger partial charge in [0.05, 0.1) is 19.8 Å². The molecule has 7 fully saturated rings. The third-order valence-electron chi connectivity index (χ3n) is 19.4. The lowest BCUT2D eigenvalue weighted by Crippen LogP contribution is -3.00. The first-order valence-corrected chi connectivity index (χ1v) is 27.1. The quantitative estimate of drug-likeness (QED) is 0.243. The third-order valence-corrected chi connectivity index (χ3v) is 19.4. The van der Waals surface area contributed by atoms with Gasteiger partial charge in [0.1, 0.15) is 28.8 Å². The molecule has 0 saturated heterocycles. The minimum absolute atomic E-state index is 0. The first-order chi connectivity index (χ1) is 33.0. The largest absolute Gasteiger partial charge is 1.00 e. The van der Waals surface area contributed by atoms with E-state index in [2.05, 4.69) is 96.1 Å². The highest BCUT2D eigenvalue weighted by Gasteiger charge is 2.63. The number of hydrogen-bond acceptors (Lipinski definition) is 11. The van der Waals surface area contributed by atoms with E-state index in [-0.39, 0.29) is 28.7 Å². The highest BCUT2D eigenvalue weighted by atomic mass is 35.5. The molecular weight excluding hydrogens is 922 g/mol. The average molecular weight is 1000 g/mol. The lowest BCUT2D eigenvalue weighted by Gasteiger charge is -2.35. The molecular formula is C57H79ClN3O8S-. The fourth-order valence-electron chi connectivity index (χ4n) is 14.0. The Kier molecular flexibility index (Phi) is 16.8. The van der Waals surface area contributed by atoms with E-state index in [1.54, 1.807) is 0 Å². The van der Waals surface area contributed by atoms with Gasteiger partial charge in [-0.3, -0.25) is 9.59 Å². The normalized spacial score (nSPS) is 32.2. The topological polar surface area (TPSA) is 191 Å². The zero-order valence-corrected chi connectivity index (χ0v) is 44.1. The van der Waals surface area contributed by atoms with Crippen LogP contribution >= 0.6 is 0 Å². The van der Waals surface area contributed by atoms with Crippen LogP contribution in [0.2, 0.25) is 0 Å². The molecule has 6 N–H and O–H groups in total. The van der Waals surface area contributed by atoms with Crippen molar-refractivity contribution in [1.82, 2.24) is 0 Å². The van der Waals surface area contributed by atoms with Crippen molar-refractivity contribution in [3.05, 3.63) is 88.0 Å². The molecule has 10 aliphatic rings. The molecule has 4 bridgehead atoms. The van der Waals surface area contributed by atoms with E-state index in [1.807, 2.05) is 0 Å². The second-order valence-corrected chi connectivity index (χ2v) is 23.3. The molecule has 0 amide bonds. The van der Waals surface area contributed by atoms with Gasteiger partial charge in [-0.25, -0.2) is 0 Å². The van der Waals surface area contributed by atoms with Gasteiger partial charge < -0.3 is 43.8 Å². The molecule has 0 aromatic heterocycles. The molecule has 3 aromatic rings. The van der Waals surface area contributed by atoms with Crippen LogP contribution in [0.4, 0.5) is 0 Å². The van der Waals surface area contributed by atoms with Crippen LogP contribution in [-0.2, 0) is 39.5 Å². The van der Waals surface area contributed by atoms with Crippen LogP contribution in [0.5, 0.6) is 17.2 Å². The van der Waals surface area contributed by atoms with Crippen molar-refractivity contribution in [2.45, 2.75) is 143 Å². The first kappa shape index (κ1) is 54.0. The van der Waals surface area contributed by atoms with Crippen molar-refractivity contribution in [2.24, 2.45) is 68.5 Å². The fourth-order valence-corrected chi connectivity index (χ4v) is 14.0. The van der Waals surface area contributed by atoms with Gasteiger partial charge in [0.25, 0.3) is 0 Å². The van der Waals surface area contributed by atoms with Gasteiger partial charge in [0.15, 0.2) is 0 Å². The second-order valence-electron chi connectivity index (χ2n) is 22.9. The first-order valence-electron chi connectivity index (χ1n) is 26.1. The van der Waals surface area contributed by atoms with E-state index in [0.717, 1.165) is 144 Å². The SMILES string of the molecule is CC12CCC(CC1=O)C2(C)C.CCC12CCC(CC1=O)C2(C)C.NC[C@@H]1CC1c1cccc2c1CCO2.NC[C@@H]1CC1c1cccc2c1CCO2.NC[C@@H]1CC1c1cccc2c1CCO2.O=S(=O)=O.[Cl-]. The van der Waals surface area contributed by atoms with Gasteiger partial charge in [-0.15, -0.1) is 12.6 Å². The summed E-state index contributed by atoms with van der Waals surface area (Å²) in [6, 6.07) is 19.3. The highest BCUT2D eigenvalue weighted by Crippen LogP contribution is 2.65. The highest BCUT2D eigenvalue weighted by molar-refractivity contribution is 7.59. The predicted octanol–water partition coefficient (Wildman–Crippen LogP) is 6.24. The zero-order valence-electron chi connectivity index (χ0n) is 42.5. The Labute approximate surface area is 425 Å². The molecule has 13 heteroatoms. The Morgan fingerprint density at radius 3 is 1.14 bits per heavy atom. The van der Waals surface area contributed by atoms with E-state index >= 15 is 0 Å². The van der Waals surface area contributed by atoms with Crippen LogP contribution in [0.1, 0.15) is 157 Å². The molecule has 11 nitrogen and oxygen atoms in total. The second kappa shape index (κ2) is 21.7. The summed E-state index contributed by atoms with van der Waals surface area (Å²) in [6.07, 6.45) is 14.7. The molecule has 0 spiro atoms. The van der Waals surface area contributed by atoms with E-state index < -0.39 is 10.6 Å². The van der Waals surface area contributed by atoms with Crippen LogP contribution in [0, 0.1) is 51.2 Å². The van der Waals surface area contributed by atoms with Crippen LogP contribution in [-0.4, -0.2) is 63.6 Å². The molecule has 384 valence electrons. The maximum atomic E-state index is 11.8. The number of hydrogen-bond donors (Lipinski definition) is 3. The van der Waals surface area contributed by atoms with E-state index in [4.69, 9.17) is 44.0 Å². The van der Waals surface area contributed by atoms with Gasteiger partial charge in [-0.1, -0.05) is 77.9 Å². The summed E-state index contributed by atoms with van der Waals surface area (Å²) in [6.45, 7) is 18.5. The molecule has 10 atom stereocenters. The van der Waals surface area contributed by atoms with Crippen molar-refractivity contribution in [3.63, 3.8) is 0 Å². The van der Waals surface area contributed by atoms with Crippen LogP contribution < -0.4 is 43.8 Å². The molecule has 0 radical (unpaired) electrons. The molecule has 3 heterocycles. The van der Waals surface area contributed by atoms with E-state index in [0.29, 0.717) is 28.8 Å². The number of fused-ring (bicyclic) bond motifs is 7. The maximum Gasteiger partial charge on any atom is 0.425 e. The van der Waals surface area contributed by atoms with Gasteiger partial charge >= 0.3 is 10.6 Å². The molecule has 7 aliphatic carbocycles. The third kappa shape index (κ3) is 10.4. The van der Waals surface area contributed by atoms with Gasteiger partial charge in [-0.2, -0.15) is 0 Å². The lowest BCUT2D eigenvalue weighted by atomic mass is 9.67. The molecule has 7 saturated carbocycles. The Hall–Kier alpha value is -3.81. The van der Waals surface area contributed by atoms with Gasteiger partial charge in [-0.05, 0) is 164 Å². The standard InChI is InChI=1S/3C12H15NO.C11H18O.C10H16O.ClH.O3S/c3*13-7-8-6-11(8)9-2-1-3-12-10(9)4-5-14-12;1-4-11-6-5-8(7-9(11)12)10(11,2)3;1-9(2)7-4-5-10(9,3)8(11)6-7;;1-4(2)3/h3*1-3,8,11H,4-7,13H2;8H,4-7H2,1-3H3;7H,4-6H2,1-3H3;1H;/p-1/t3*8-,11?;;;;/m000..../s1. The molecule has 3 aromatic carbocycles. The van der Waals surface area contributed by atoms with E-state index in [1.165, 1.54) is 65.5 Å². The van der Waals surface area contributed by atoms with Crippen molar-refractivity contribution in [3.8, 4) is 17.2 Å². The number of nitrogens with two attached hydrogens (primary N) is 3. The van der Waals surface area contributed by atoms with Crippen molar-refractivity contribution in [2.75, 3.05) is 39.5 Å². The van der Waals surface area contributed by atoms with Crippen LogP contribution in [0.15, 0.2) is 54.6 Å². The van der Waals surface area contributed by atoms with Crippen molar-refractivity contribution >= 4 is 22.2 Å². The number of carbonyl (C=O) groups excluding carboxylic acids is 2. The van der Waals surface area contributed by atoms with Crippen LogP contribution in [0.25, 0.3) is 0 Å². The maximum absolute atomic E-state index is 11.8. The summed E-state index contributed by atoms with van der Waals surface area (Å²) in [5.41, 5.74) is 26.5. The summed E-state index contributed by atoms with van der Waals surface area (Å²) in [4.78, 5) is 23.4. The Morgan fingerprint density at radius 2 is 0.914 bits per heavy atom. The van der Waals surface area contributed by atoms with Gasteiger partial charge in [0.2, 0.25) is 0 Å². The van der Waals surface area contributed by atoms with Crippen molar-refractivity contribution in [1.29, 1.82) is 0 Å². The monoisotopic (exact) mass is 1000 g/mol. The number of Topliss-reactive ketones (excluding diaryl/α,β-unsaturated/α-hetero) is 2. The Balaban J connectivity index is 0.000000126. The average Bonchev–Trinajstić information content (AvgIpc) is 4.22.